The number of rotatable bonds is 9. The Morgan fingerprint density at radius 3 is 2.38 bits per heavy atom. The van der Waals surface area contributed by atoms with Gasteiger partial charge in [-0.05, 0) is 68.7 Å². The lowest BCUT2D eigenvalue weighted by Gasteiger charge is -2.18. The van der Waals surface area contributed by atoms with E-state index < -0.39 is 0 Å². The van der Waals surface area contributed by atoms with E-state index in [0.717, 1.165) is 16.8 Å². The van der Waals surface area contributed by atoms with Crippen molar-refractivity contribution in [2.45, 2.75) is 33.6 Å². The van der Waals surface area contributed by atoms with Gasteiger partial charge in [0.05, 0.1) is 13.2 Å². The highest BCUT2D eigenvalue weighted by atomic mass is 16.5. The molecule has 0 aliphatic carbocycles. The fraction of sp³-hybridized carbons (Fsp3) is 0.348. The predicted molar refractivity (Wildman–Crippen MR) is 113 cm³/mol. The Labute approximate surface area is 171 Å². The lowest BCUT2D eigenvalue weighted by molar-refractivity contribution is -0.133. The van der Waals surface area contributed by atoms with Crippen LogP contribution in [0.5, 0.6) is 5.75 Å². The van der Waals surface area contributed by atoms with E-state index in [4.69, 9.17) is 4.74 Å². The largest absolute Gasteiger partial charge is 0.494 e. The van der Waals surface area contributed by atoms with E-state index in [0.29, 0.717) is 30.8 Å². The van der Waals surface area contributed by atoms with Crippen molar-refractivity contribution in [1.82, 2.24) is 4.90 Å². The van der Waals surface area contributed by atoms with E-state index in [9.17, 15) is 14.4 Å². The molecule has 0 saturated heterocycles. The van der Waals surface area contributed by atoms with Gasteiger partial charge in [0.1, 0.15) is 5.75 Å². The lowest BCUT2D eigenvalue weighted by Crippen LogP contribution is -2.35. The summed E-state index contributed by atoms with van der Waals surface area (Å²) in [4.78, 5) is 37.1. The van der Waals surface area contributed by atoms with Crippen molar-refractivity contribution in [3.05, 3.63) is 59.2 Å². The van der Waals surface area contributed by atoms with Crippen LogP contribution in [0.4, 0.5) is 5.69 Å². The molecule has 0 aliphatic heterocycles. The summed E-state index contributed by atoms with van der Waals surface area (Å²) < 4.78 is 5.59. The molecule has 2 aromatic carbocycles. The van der Waals surface area contributed by atoms with Crippen molar-refractivity contribution < 1.29 is 19.1 Å². The number of nitrogens with one attached hydrogen (secondary N) is 1. The van der Waals surface area contributed by atoms with Crippen LogP contribution in [0.3, 0.4) is 0 Å². The highest BCUT2D eigenvalue weighted by Crippen LogP contribution is 2.18. The van der Waals surface area contributed by atoms with Crippen molar-refractivity contribution in [1.29, 1.82) is 0 Å². The number of carbonyl (C=O) groups excluding carboxylic acids is 3. The Morgan fingerprint density at radius 2 is 1.72 bits per heavy atom. The average molecular weight is 396 g/mol. The van der Waals surface area contributed by atoms with E-state index in [1.807, 2.05) is 32.0 Å². The van der Waals surface area contributed by atoms with Crippen molar-refractivity contribution in [3.63, 3.8) is 0 Å². The van der Waals surface area contributed by atoms with E-state index in [1.54, 1.807) is 31.3 Å². The molecule has 0 bridgehead atoms. The van der Waals surface area contributed by atoms with Crippen molar-refractivity contribution >= 4 is 23.3 Å². The molecule has 6 heteroatoms. The molecular formula is C23H28N2O4. The standard InChI is InChI=1S/C23H28N2O4/c1-16-7-5-8-21(17(16)2)24-22(27)15-25(4)23(28)9-6-14-29-20-12-10-19(11-13-20)18(3)26/h5,7-8,10-13H,6,9,14-15H2,1-4H3,(H,24,27). The fourth-order valence-electron chi connectivity index (χ4n) is 2.77. The first-order valence-corrected chi connectivity index (χ1v) is 9.61. The molecular weight excluding hydrogens is 368 g/mol. The second-order valence-electron chi connectivity index (χ2n) is 7.08. The van der Waals surface area contributed by atoms with Crippen LogP contribution in [0, 0.1) is 13.8 Å². The van der Waals surface area contributed by atoms with Gasteiger partial charge in [-0.25, -0.2) is 0 Å². The van der Waals surface area contributed by atoms with Gasteiger partial charge in [0.15, 0.2) is 5.78 Å². The number of amides is 2. The average Bonchev–Trinajstić information content (AvgIpc) is 2.68. The third-order valence-corrected chi connectivity index (χ3v) is 4.75. The summed E-state index contributed by atoms with van der Waals surface area (Å²) >= 11 is 0. The molecule has 2 rings (SSSR count). The number of Topliss-reactive ketones (excluding diaryl/α,β-unsaturated/α-hetero) is 1. The monoisotopic (exact) mass is 396 g/mol. The Hall–Kier alpha value is -3.15. The third-order valence-electron chi connectivity index (χ3n) is 4.75. The first-order chi connectivity index (χ1) is 13.8. The second-order valence-corrected chi connectivity index (χ2v) is 7.08. The number of hydrogen-bond acceptors (Lipinski definition) is 4. The maximum absolute atomic E-state index is 12.2. The van der Waals surface area contributed by atoms with Gasteiger partial charge in [-0.2, -0.15) is 0 Å². The lowest BCUT2D eigenvalue weighted by atomic mass is 10.1. The summed E-state index contributed by atoms with van der Waals surface area (Å²) in [6.45, 7) is 5.83. The summed E-state index contributed by atoms with van der Waals surface area (Å²) in [5, 5.41) is 2.86. The van der Waals surface area contributed by atoms with Gasteiger partial charge in [-0.15, -0.1) is 0 Å². The number of ketones is 1. The highest BCUT2D eigenvalue weighted by molar-refractivity contribution is 5.95. The SMILES string of the molecule is CC(=O)c1ccc(OCCCC(=O)N(C)CC(=O)Nc2cccc(C)c2C)cc1. The van der Waals surface area contributed by atoms with Crippen LogP contribution in [0.15, 0.2) is 42.5 Å². The number of benzene rings is 2. The highest BCUT2D eigenvalue weighted by Gasteiger charge is 2.14. The molecule has 0 aromatic heterocycles. The molecule has 0 saturated carbocycles. The van der Waals surface area contributed by atoms with Crippen molar-refractivity contribution in [2.24, 2.45) is 0 Å². The summed E-state index contributed by atoms with van der Waals surface area (Å²) in [5.74, 6) is 0.323. The zero-order valence-corrected chi connectivity index (χ0v) is 17.5. The van der Waals surface area contributed by atoms with Crippen LogP contribution in [-0.2, 0) is 9.59 Å². The van der Waals surface area contributed by atoms with Crippen LogP contribution in [0.1, 0.15) is 41.3 Å². The molecule has 0 radical (unpaired) electrons. The second kappa shape index (κ2) is 10.4. The number of nitrogens with zero attached hydrogens (tertiary/aromatic N) is 1. The Bertz CT molecular complexity index is 875. The number of anilines is 1. The summed E-state index contributed by atoms with van der Waals surface area (Å²) in [7, 11) is 1.62. The van der Waals surface area contributed by atoms with Crippen LogP contribution >= 0.6 is 0 Å². The van der Waals surface area contributed by atoms with E-state index >= 15 is 0 Å². The molecule has 0 fully saturated rings. The van der Waals surface area contributed by atoms with Crippen LogP contribution in [-0.4, -0.2) is 42.7 Å². The molecule has 0 heterocycles. The number of hydrogen-bond donors (Lipinski definition) is 1. The van der Waals surface area contributed by atoms with Crippen LogP contribution in [0.25, 0.3) is 0 Å². The first kappa shape index (κ1) is 22.1. The van der Waals surface area contributed by atoms with Crippen LogP contribution in [0.2, 0.25) is 0 Å². The van der Waals surface area contributed by atoms with Gasteiger partial charge < -0.3 is 15.0 Å². The minimum Gasteiger partial charge on any atom is -0.494 e. The summed E-state index contributed by atoms with van der Waals surface area (Å²) in [5.41, 5.74) is 3.51. The van der Waals surface area contributed by atoms with Gasteiger partial charge in [0, 0.05) is 24.7 Å². The van der Waals surface area contributed by atoms with Crippen molar-refractivity contribution in [3.8, 4) is 5.75 Å². The van der Waals surface area contributed by atoms with Gasteiger partial charge in [0.2, 0.25) is 11.8 Å². The fourth-order valence-corrected chi connectivity index (χ4v) is 2.77. The summed E-state index contributed by atoms with van der Waals surface area (Å²) in [6, 6.07) is 12.6. The third kappa shape index (κ3) is 6.75. The normalized spacial score (nSPS) is 10.3. The molecule has 2 amide bonds. The predicted octanol–water partition coefficient (Wildman–Crippen LogP) is 3.76. The Balaban J connectivity index is 1.72. The molecule has 0 spiro atoms. The van der Waals surface area contributed by atoms with Crippen molar-refractivity contribution in [2.75, 3.05) is 25.5 Å². The summed E-state index contributed by atoms with van der Waals surface area (Å²) in [6.07, 6.45) is 0.828. The molecule has 29 heavy (non-hydrogen) atoms. The minimum absolute atomic E-state index is 0.000416. The number of ether oxygens (including phenoxy) is 1. The Kier molecular flexibility index (Phi) is 7.95. The van der Waals surface area contributed by atoms with E-state index in [-0.39, 0.29) is 24.1 Å². The first-order valence-electron chi connectivity index (χ1n) is 9.61. The zero-order valence-electron chi connectivity index (χ0n) is 17.5. The van der Waals surface area contributed by atoms with Crippen LogP contribution < -0.4 is 10.1 Å². The van der Waals surface area contributed by atoms with E-state index in [2.05, 4.69) is 5.32 Å². The number of likely N-dealkylation sites (N-methyl/N-ethyl adjacent to an activating group) is 1. The molecule has 0 atom stereocenters. The molecule has 6 nitrogen and oxygen atoms in total. The zero-order chi connectivity index (χ0) is 21.4. The van der Waals surface area contributed by atoms with Gasteiger partial charge in [-0.3, -0.25) is 14.4 Å². The molecule has 0 unspecified atom stereocenters. The smallest absolute Gasteiger partial charge is 0.243 e. The van der Waals surface area contributed by atoms with E-state index in [1.165, 1.54) is 11.8 Å². The maximum Gasteiger partial charge on any atom is 0.243 e. The van der Waals surface area contributed by atoms with Gasteiger partial charge in [-0.1, -0.05) is 12.1 Å². The van der Waals surface area contributed by atoms with Gasteiger partial charge in [0.25, 0.3) is 0 Å². The molecule has 0 aliphatic rings. The number of carbonyl (C=O) groups is 3. The number of aryl methyl sites for hydroxylation is 1. The molecule has 1 N–H and O–H groups in total. The topological polar surface area (TPSA) is 75.7 Å². The quantitative estimate of drug-likeness (QED) is 0.517. The minimum atomic E-state index is -0.226. The Morgan fingerprint density at radius 1 is 1.03 bits per heavy atom. The maximum atomic E-state index is 12.2. The molecule has 154 valence electrons. The molecule has 2 aromatic rings. The van der Waals surface area contributed by atoms with Gasteiger partial charge >= 0.3 is 0 Å².